The predicted molar refractivity (Wildman–Crippen MR) is 68.5 cm³/mol. The lowest BCUT2D eigenvalue weighted by atomic mass is 10.1. The molecule has 0 N–H and O–H groups in total. The van der Waals surface area contributed by atoms with E-state index in [0.717, 1.165) is 26.5 Å². The van der Waals surface area contributed by atoms with E-state index in [1.54, 1.807) is 6.92 Å². The molecule has 0 spiro atoms. The Balaban J connectivity index is 2.90. The van der Waals surface area contributed by atoms with Crippen molar-refractivity contribution in [3.63, 3.8) is 0 Å². The number of hydrogen-bond acceptors (Lipinski definition) is 2. The van der Waals surface area contributed by atoms with Crippen molar-refractivity contribution in [2.45, 2.75) is 13.8 Å². The number of fused-ring (bicyclic) bond motifs is 1. The second-order valence-corrected chi connectivity index (χ2v) is 4.45. The van der Waals surface area contributed by atoms with Crippen molar-refractivity contribution in [3.8, 4) is 0 Å². The average Bonchev–Trinajstić information content (AvgIpc) is 2.25. The summed E-state index contributed by atoms with van der Waals surface area (Å²) >= 11 is 5.37. The minimum atomic E-state index is 0.0772. The standard InChI is InChI=1S/C13H13NOS/c1-8-7-14(3)12-6-10(9(2)15)4-5-11(12)13(8)16/h4-7H,1-3H3. The van der Waals surface area contributed by atoms with Gasteiger partial charge in [-0.15, -0.1) is 0 Å². The van der Waals surface area contributed by atoms with Crippen LogP contribution >= 0.6 is 12.2 Å². The van der Waals surface area contributed by atoms with E-state index in [0.29, 0.717) is 0 Å². The molecule has 0 fully saturated rings. The molecule has 1 aromatic heterocycles. The summed E-state index contributed by atoms with van der Waals surface area (Å²) in [5.41, 5.74) is 2.81. The monoisotopic (exact) mass is 231 g/mol. The number of aromatic nitrogens is 1. The van der Waals surface area contributed by atoms with Crippen LogP contribution in [-0.2, 0) is 7.05 Å². The Bertz CT molecular complexity index is 640. The van der Waals surface area contributed by atoms with Gasteiger partial charge in [0.1, 0.15) is 0 Å². The number of benzene rings is 1. The number of rotatable bonds is 1. The summed E-state index contributed by atoms with van der Waals surface area (Å²) in [6.07, 6.45) is 1.99. The molecule has 1 aromatic carbocycles. The fourth-order valence-corrected chi connectivity index (χ4v) is 2.09. The topological polar surface area (TPSA) is 22.0 Å². The molecular formula is C13H13NOS. The average molecular weight is 231 g/mol. The summed E-state index contributed by atoms with van der Waals surface area (Å²) in [6.45, 7) is 3.57. The minimum Gasteiger partial charge on any atom is -0.350 e. The molecule has 2 nitrogen and oxygen atoms in total. The number of carbonyl (C=O) groups excluding carboxylic acids is 1. The van der Waals surface area contributed by atoms with Gasteiger partial charge in [0.05, 0.1) is 4.51 Å². The Hall–Kier alpha value is -1.48. The highest BCUT2D eigenvalue weighted by Gasteiger charge is 2.05. The number of aryl methyl sites for hydroxylation is 2. The zero-order valence-electron chi connectivity index (χ0n) is 9.57. The van der Waals surface area contributed by atoms with E-state index < -0.39 is 0 Å². The van der Waals surface area contributed by atoms with Gasteiger partial charge in [-0.1, -0.05) is 24.4 Å². The highest BCUT2D eigenvalue weighted by atomic mass is 32.1. The second kappa shape index (κ2) is 3.83. The highest BCUT2D eigenvalue weighted by molar-refractivity contribution is 7.71. The zero-order valence-corrected chi connectivity index (χ0v) is 10.4. The molecule has 82 valence electrons. The van der Waals surface area contributed by atoms with Gasteiger partial charge < -0.3 is 4.57 Å². The van der Waals surface area contributed by atoms with E-state index in [9.17, 15) is 4.79 Å². The van der Waals surface area contributed by atoms with Gasteiger partial charge in [-0.05, 0) is 25.5 Å². The Morgan fingerprint density at radius 1 is 1.38 bits per heavy atom. The lowest BCUT2D eigenvalue weighted by Crippen LogP contribution is -1.98. The molecule has 1 heterocycles. The van der Waals surface area contributed by atoms with Gasteiger partial charge >= 0.3 is 0 Å². The Labute approximate surface area is 99.5 Å². The first-order chi connectivity index (χ1) is 7.50. The largest absolute Gasteiger partial charge is 0.350 e. The van der Waals surface area contributed by atoms with Gasteiger partial charge in [-0.3, -0.25) is 4.79 Å². The first kappa shape index (κ1) is 11.0. The second-order valence-electron chi connectivity index (χ2n) is 4.04. The Morgan fingerprint density at radius 3 is 2.69 bits per heavy atom. The van der Waals surface area contributed by atoms with Crippen LogP contribution in [0.2, 0.25) is 0 Å². The molecular weight excluding hydrogens is 218 g/mol. The van der Waals surface area contributed by atoms with Crippen molar-refractivity contribution in [3.05, 3.63) is 40.0 Å². The number of nitrogens with zero attached hydrogens (tertiary/aromatic N) is 1. The number of hydrogen-bond donors (Lipinski definition) is 0. The van der Waals surface area contributed by atoms with Crippen LogP contribution in [0.1, 0.15) is 22.8 Å². The lowest BCUT2D eigenvalue weighted by molar-refractivity contribution is 0.101. The Morgan fingerprint density at radius 2 is 2.06 bits per heavy atom. The molecule has 2 rings (SSSR count). The van der Waals surface area contributed by atoms with Crippen molar-refractivity contribution in [1.29, 1.82) is 0 Å². The van der Waals surface area contributed by atoms with Crippen LogP contribution in [-0.4, -0.2) is 10.4 Å². The molecule has 3 heteroatoms. The predicted octanol–water partition coefficient (Wildman–Crippen LogP) is 3.42. The first-order valence-electron chi connectivity index (χ1n) is 5.11. The maximum Gasteiger partial charge on any atom is 0.159 e. The number of ketones is 1. The number of Topliss-reactive ketones (excluding diaryl/α,β-unsaturated/α-hetero) is 1. The van der Waals surface area contributed by atoms with E-state index in [-0.39, 0.29) is 5.78 Å². The zero-order chi connectivity index (χ0) is 11.9. The maximum atomic E-state index is 11.3. The molecule has 0 atom stereocenters. The molecule has 0 amide bonds. The first-order valence-corrected chi connectivity index (χ1v) is 5.52. The third-order valence-electron chi connectivity index (χ3n) is 2.77. The van der Waals surface area contributed by atoms with Gasteiger partial charge in [-0.25, -0.2) is 0 Å². The third-order valence-corrected chi connectivity index (χ3v) is 3.32. The van der Waals surface area contributed by atoms with Crippen LogP contribution in [0.3, 0.4) is 0 Å². The molecule has 0 aliphatic heterocycles. The maximum absolute atomic E-state index is 11.3. The summed E-state index contributed by atoms with van der Waals surface area (Å²) in [5.74, 6) is 0.0772. The quantitative estimate of drug-likeness (QED) is 0.554. The molecule has 0 unspecified atom stereocenters. The molecule has 2 aromatic rings. The van der Waals surface area contributed by atoms with Crippen LogP contribution in [0.15, 0.2) is 24.4 Å². The number of pyridine rings is 1. The van der Waals surface area contributed by atoms with Gasteiger partial charge in [0, 0.05) is 29.7 Å². The van der Waals surface area contributed by atoms with E-state index in [4.69, 9.17) is 12.2 Å². The fraction of sp³-hybridized carbons (Fsp3) is 0.231. The number of carbonyl (C=O) groups is 1. The SMILES string of the molecule is CC(=O)c1ccc2c(=S)c(C)cn(C)c2c1. The van der Waals surface area contributed by atoms with Crippen LogP contribution < -0.4 is 0 Å². The molecule has 16 heavy (non-hydrogen) atoms. The summed E-state index contributed by atoms with van der Waals surface area (Å²) < 4.78 is 2.87. The van der Waals surface area contributed by atoms with E-state index >= 15 is 0 Å². The minimum absolute atomic E-state index is 0.0772. The summed E-state index contributed by atoms with van der Waals surface area (Å²) in [4.78, 5) is 11.3. The molecule has 0 saturated heterocycles. The normalized spacial score (nSPS) is 10.7. The third kappa shape index (κ3) is 1.67. The molecule has 0 saturated carbocycles. The van der Waals surface area contributed by atoms with E-state index in [2.05, 4.69) is 0 Å². The molecule has 0 radical (unpaired) electrons. The fourth-order valence-electron chi connectivity index (χ4n) is 1.87. The van der Waals surface area contributed by atoms with Crippen molar-refractivity contribution < 1.29 is 4.79 Å². The van der Waals surface area contributed by atoms with Gasteiger partial charge in [0.25, 0.3) is 0 Å². The van der Waals surface area contributed by atoms with Crippen LogP contribution in [0.25, 0.3) is 10.9 Å². The van der Waals surface area contributed by atoms with E-state index in [1.807, 2.05) is 42.9 Å². The van der Waals surface area contributed by atoms with Crippen molar-refractivity contribution >= 4 is 28.9 Å². The smallest absolute Gasteiger partial charge is 0.159 e. The Kier molecular flexibility index (Phi) is 2.64. The summed E-state index contributed by atoms with van der Waals surface area (Å²) in [5, 5.41) is 1.03. The van der Waals surface area contributed by atoms with E-state index in [1.165, 1.54) is 0 Å². The van der Waals surface area contributed by atoms with Crippen molar-refractivity contribution in [2.24, 2.45) is 7.05 Å². The lowest BCUT2D eigenvalue weighted by Gasteiger charge is -2.09. The van der Waals surface area contributed by atoms with Gasteiger partial charge in [0.2, 0.25) is 0 Å². The van der Waals surface area contributed by atoms with Crippen LogP contribution in [0.5, 0.6) is 0 Å². The van der Waals surface area contributed by atoms with Crippen LogP contribution in [0.4, 0.5) is 0 Å². The molecule has 0 aliphatic rings. The van der Waals surface area contributed by atoms with Gasteiger partial charge in [0.15, 0.2) is 5.78 Å². The molecule has 0 bridgehead atoms. The summed E-state index contributed by atoms with van der Waals surface area (Å²) in [6, 6.07) is 5.66. The van der Waals surface area contributed by atoms with Gasteiger partial charge in [-0.2, -0.15) is 0 Å². The van der Waals surface area contributed by atoms with Crippen molar-refractivity contribution in [1.82, 2.24) is 4.57 Å². The molecule has 0 aliphatic carbocycles. The van der Waals surface area contributed by atoms with Crippen molar-refractivity contribution in [2.75, 3.05) is 0 Å². The van der Waals surface area contributed by atoms with Crippen LogP contribution in [0, 0.1) is 11.4 Å². The summed E-state index contributed by atoms with van der Waals surface area (Å²) in [7, 11) is 1.97. The highest BCUT2D eigenvalue weighted by Crippen LogP contribution is 2.19.